The minimum Gasteiger partial charge on any atom is -0.387 e. The molecule has 0 saturated carbocycles. The molecule has 0 radical (unpaired) electrons. The number of allylic oxidation sites excluding steroid dienone is 4. The predicted molar refractivity (Wildman–Crippen MR) is 104 cm³/mol. The van der Waals surface area contributed by atoms with Crippen LogP contribution < -0.4 is 10.6 Å². The zero-order valence-corrected chi connectivity index (χ0v) is 15.6. The molecule has 2 N–H and O–H groups in total. The van der Waals surface area contributed by atoms with Gasteiger partial charge in [0, 0.05) is 49.7 Å². The maximum atomic E-state index is 12.3. The van der Waals surface area contributed by atoms with Crippen LogP contribution >= 0.6 is 0 Å². The topological polar surface area (TPSA) is 54.2 Å². The first-order chi connectivity index (χ1) is 12.7. The third kappa shape index (κ3) is 8.26. The number of hydrogen-bond donors (Lipinski definition) is 2. The lowest BCUT2D eigenvalue weighted by molar-refractivity contribution is -0.0798. The van der Waals surface area contributed by atoms with Crippen LogP contribution in [0.3, 0.4) is 0 Å². The van der Waals surface area contributed by atoms with E-state index in [-0.39, 0.29) is 6.08 Å². The number of amidine groups is 1. The molecular formula is C19H24F3N5. The van der Waals surface area contributed by atoms with Crippen molar-refractivity contribution in [2.75, 3.05) is 13.6 Å². The Morgan fingerprint density at radius 1 is 1.41 bits per heavy atom. The van der Waals surface area contributed by atoms with Gasteiger partial charge in [0.1, 0.15) is 5.84 Å². The van der Waals surface area contributed by atoms with Gasteiger partial charge in [0.15, 0.2) is 0 Å². The fraction of sp³-hybridized carbons (Fsp3) is 0.263. The molecule has 0 unspecified atom stereocenters. The highest BCUT2D eigenvalue weighted by Crippen LogP contribution is 2.18. The normalized spacial score (nSPS) is 13.8. The molecule has 27 heavy (non-hydrogen) atoms. The molecular weight excluding hydrogens is 355 g/mol. The average molecular weight is 379 g/mol. The fourth-order valence-corrected chi connectivity index (χ4v) is 2.00. The standard InChI is InChI=1S/C19H24F3N5/c1-6-17(14(2)7-9-19(20,21)22)26-18(23-4)15(3)11-24-10-8-16-12-25-27(5)13-16/h6-10,12-13,24H,1,3,11H2,2,4-5H3,(H,23,26)/b9-7+,10-8+,17-14+. The van der Waals surface area contributed by atoms with Gasteiger partial charge in [-0.05, 0) is 30.8 Å². The lowest BCUT2D eigenvalue weighted by atomic mass is 10.2. The van der Waals surface area contributed by atoms with Gasteiger partial charge in [0.25, 0.3) is 0 Å². The Bertz CT molecular complexity index is 780. The van der Waals surface area contributed by atoms with Crippen LogP contribution in [-0.4, -0.2) is 35.4 Å². The summed E-state index contributed by atoms with van der Waals surface area (Å²) in [5, 5.41) is 10.1. The second-order valence-electron chi connectivity index (χ2n) is 5.64. The Kier molecular flexibility index (Phi) is 8.32. The summed E-state index contributed by atoms with van der Waals surface area (Å²) in [6.07, 6.45) is 5.44. The lowest BCUT2D eigenvalue weighted by Crippen LogP contribution is -2.28. The molecule has 0 aromatic carbocycles. The predicted octanol–water partition coefficient (Wildman–Crippen LogP) is 3.73. The highest BCUT2D eigenvalue weighted by atomic mass is 19.4. The zero-order chi connectivity index (χ0) is 20.4. The summed E-state index contributed by atoms with van der Waals surface area (Å²) >= 11 is 0. The molecule has 0 atom stereocenters. The van der Waals surface area contributed by atoms with Gasteiger partial charge in [0.2, 0.25) is 0 Å². The Hall–Kier alpha value is -3.03. The van der Waals surface area contributed by atoms with Gasteiger partial charge in [-0.25, -0.2) is 0 Å². The van der Waals surface area contributed by atoms with Crippen LogP contribution in [0.2, 0.25) is 0 Å². The van der Waals surface area contributed by atoms with Crippen LogP contribution in [0.15, 0.2) is 71.8 Å². The monoisotopic (exact) mass is 379 g/mol. The second kappa shape index (κ2) is 10.2. The van der Waals surface area contributed by atoms with Crippen LogP contribution in [0.1, 0.15) is 12.5 Å². The molecule has 0 fully saturated rings. The van der Waals surface area contributed by atoms with E-state index >= 15 is 0 Å². The van der Waals surface area contributed by atoms with Gasteiger partial charge in [-0.15, -0.1) is 0 Å². The Labute approximate surface area is 157 Å². The first-order valence-electron chi connectivity index (χ1n) is 8.06. The fourth-order valence-electron chi connectivity index (χ4n) is 2.00. The zero-order valence-electron chi connectivity index (χ0n) is 15.6. The smallest absolute Gasteiger partial charge is 0.387 e. The number of nitrogens with zero attached hydrogens (tertiary/aromatic N) is 3. The molecule has 8 heteroatoms. The molecule has 0 amide bonds. The van der Waals surface area contributed by atoms with Crippen molar-refractivity contribution >= 4 is 11.9 Å². The van der Waals surface area contributed by atoms with Gasteiger partial charge < -0.3 is 10.6 Å². The van der Waals surface area contributed by atoms with E-state index in [1.165, 1.54) is 6.08 Å². The maximum Gasteiger partial charge on any atom is 0.409 e. The molecule has 1 heterocycles. The van der Waals surface area contributed by atoms with Gasteiger partial charge >= 0.3 is 6.18 Å². The molecule has 0 aliphatic carbocycles. The molecule has 1 aromatic rings. The number of aromatic nitrogens is 2. The number of alkyl halides is 3. The molecule has 0 bridgehead atoms. The van der Waals surface area contributed by atoms with E-state index in [0.29, 0.717) is 29.2 Å². The van der Waals surface area contributed by atoms with E-state index in [4.69, 9.17) is 0 Å². The van der Waals surface area contributed by atoms with Crippen LogP contribution in [-0.2, 0) is 7.05 Å². The third-order valence-electron chi connectivity index (χ3n) is 3.40. The SMILES string of the molecule is C=C/C(NC(=NC)C(=C)CN/C=C/c1cnn(C)c1)=C(C)\C=C\C(F)(F)F. The number of hydrogen-bond acceptors (Lipinski definition) is 3. The number of aryl methyl sites for hydroxylation is 1. The van der Waals surface area contributed by atoms with Gasteiger partial charge in [-0.2, -0.15) is 18.3 Å². The van der Waals surface area contributed by atoms with E-state index in [1.807, 2.05) is 19.3 Å². The van der Waals surface area contributed by atoms with Crippen molar-refractivity contribution in [2.45, 2.75) is 13.1 Å². The molecule has 1 aromatic heterocycles. The summed E-state index contributed by atoms with van der Waals surface area (Å²) in [4.78, 5) is 4.11. The number of halogens is 3. The molecule has 0 saturated heterocycles. The van der Waals surface area contributed by atoms with Crippen molar-refractivity contribution < 1.29 is 13.2 Å². The summed E-state index contributed by atoms with van der Waals surface area (Å²) in [6, 6.07) is 0. The quantitative estimate of drug-likeness (QED) is 0.411. The minimum atomic E-state index is -4.37. The van der Waals surface area contributed by atoms with Crippen molar-refractivity contribution in [2.24, 2.45) is 12.0 Å². The molecule has 146 valence electrons. The molecule has 1 rings (SSSR count). The first-order valence-corrected chi connectivity index (χ1v) is 8.06. The van der Waals surface area contributed by atoms with E-state index in [1.54, 1.807) is 31.1 Å². The second-order valence-corrected chi connectivity index (χ2v) is 5.64. The van der Waals surface area contributed by atoms with E-state index < -0.39 is 6.18 Å². The maximum absolute atomic E-state index is 12.3. The van der Waals surface area contributed by atoms with Gasteiger partial charge in [-0.3, -0.25) is 9.67 Å². The molecule has 0 aliphatic heterocycles. The Balaban J connectivity index is 2.70. The minimum absolute atomic E-state index is 0.176. The van der Waals surface area contributed by atoms with Gasteiger partial charge in [-0.1, -0.05) is 19.2 Å². The highest BCUT2D eigenvalue weighted by Gasteiger charge is 2.21. The van der Waals surface area contributed by atoms with Crippen molar-refractivity contribution in [1.29, 1.82) is 0 Å². The van der Waals surface area contributed by atoms with Crippen LogP contribution in [0, 0.1) is 0 Å². The van der Waals surface area contributed by atoms with Crippen molar-refractivity contribution in [3.8, 4) is 0 Å². The molecule has 5 nitrogen and oxygen atoms in total. The van der Waals surface area contributed by atoms with Crippen LogP contribution in [0.4, 0.5) is 13.2 Å². The summed E-state index contributed by atoms with van der Waals surface area (Å²) in [5.41, 5.74) is 2.38. The number of rotatable bonds is 8. The van der Waals surface area contributed by atoms with Crippen LogP contribution in [0.25, 0.3) is 6.08 Å². The Morgan fingerprint density at radius 3 is 2.63 bits per heavy atom. The molecule has 0 aliphatic rings. The van der Waals surface area contributed by atoms with E-state index in [0.717, 1.165) is 11.6 Å². The lowest BCUT2D eigenvalue weighted by Gasteiger charge is -2.14. The largest absolute Gasteiger partial charge is 0.409 e. The number of nitrogens with one attached hydrogen (secondary N) is 2. The van der Waals surface area contributed by atoms with E-state index in [9.17, 15) is 13.2 Å². The van der Waals surface area contributed by atoms with Crippen molar-refractivity contribution in [3.05, 3.63) is 72.4 Å². The summed E-state index contributed by atoms with van der Waals surface area (Å²) < 4.78 is 38.7. The summed E-state index contributed by atoms with van der Waals surface area (Å²) in [6.45, 7) is 9.53. The summed E-state index contributed by atoms with van der Waals surface area (Å²) in [5.74, 6) is 0.451. The Morgan fingerprint density at radius 2 is 2.11 bits per heavy atom. The van der Waals surface area contributed by atoms with Crippen LogP contribution in [0.5, 0.6) is 0 Å². The first kappa shape index (κ1) is 22.0. The summed E-state index contributed by atoms with van der Waals surface area (Å²) in [7, 11) is 3.40. The molecule has 0 spiro atoms. The third-order valence-corrected chi connectivity index (χ3v) is 3.40. The number of aliphatic imine (C=N–C) groups is 1. The van der Waals surface area contributed by atoms with Crippen molar-refractivity contribution in [1.82, 2.24) is 20.4 Å². The van der Waals surface area contributed by atoms with E-state index in [2.05, 4.69) is 33.9 Å². The highest BCUT2D eigenvalue weighted by molar-refractivity contribution is 5.99. The van der Waals surface area contributed by atoms with Gasteiger partial charge in [0.05, 0.1) is 6.20 Å². The average Bonchev–Trinajstić information content (AvgIpc) is 3.02. The van der Waals surface area contributed by atoms with Crippen molar-refractivity contribution in [3.63, 3.8) is 0 Å².